The van der Waals surface area contributed by atoms with Gasteiger partial charge in [0.05, 0.1) is 5.69 Å². The molecule has 1 saturated carbocycles. The number of hydrogen-bond donors (Lipinski definition) is 2. The molecule has 0 aromatic carbocycles. The summed E-state index contributed by atoms with van der Waals surface area (Å²) in [6, 6.07) is 2.55. The molecule has 1 aromatic rings. The lowest BCUT2D eigenvalue weighted by atomic mass is 10.1. The first kappa shape index (κ1) is 17.3. The third kappa shape index (κ3) is 4.96. The largest absolute Gasteiger partial charge is 0.359 e. The molecule has 1 aromatic heterocycles. The SMILES string of the molecule is CCNC(=NCc1cc(C(C)C)no1)NC1CC1C.I. The molecule has 20 heavy (non-hydrogen) atoms. The van der Waals surface area contributed by atoms with E-state index in [0.29, 0.717) is 18.5 Å². The minimum absolute atomic E-state index is 0. The smallest absolute Gasteiger partial charge is 0.191 e. The first-order chi connectivity index (χ1) is 9.10. The van der Waals surface area contributed by atoms with Crippen LogP contribution < -0.4 is 10.6 Å². The van der Waals surface area contributed by atoms with Crippen LogP contribution in [0.25, 0.3) is 0 Å². The van der Waals surface area contributed by atoms with Gasteiger partial charge in [-0.3, -0.25) is 0 Å². The molecule has 0 bridgehead atoms. The fraction of sp³-hybridized carbons (Fsp3) is 0.714. The van der Waals surface area contributed by atoms with Crippen molar-refractivity contribution in [3.05, 3.63) is 17.5 Å². The Hall–Kier alpha value is -0.790. The predicted octanol–water partition coefficient (Wildman–Crippen LogP) is 2.88. The second kappa shape index (κ2) is 7.85. The van der Waals surface area contributed by atoms with Crippen molar-refractivity contribution in [1.29, 1.82) is 0 Å². The fourth-order valence-electron chi connectivity index (χ4n) is 1.85. The summed E-state index contributed by atoms with van der Waals surface area (Å²) < 4.78 is 5.28. The minimum Gasteiger partial charge on any atom is -0.359 e. The van der Waals surface area contributed by atoms with E-state index in [1.54, 1.807) is 0 Å². The molecule has 1 heterocycles. The summed E-state index contributed by atoms with van der Waals surface area (Å²) in [5.74, 6) is 2.81. The zero-order valence-corrected chi connectivity index (χ0v) is 15.0. The van der Waals surface area contributed by atoms with Gasteiger partial charge in [-0.25, -0.2) is 4.99 Å². The van der Waals surface area contributed by atoms with Crippen molar-refractivity contribution in [2.24, 2.45) is 10.9 Å². The maximum absolute atomic E-state index is 5.28. The van der Waals surface area contributed by atoms with Gasteiger partial charge >= 0.3 is 0 Å². The number of nitrogens with zero attached hydrogens (tertiary/aromatic N) is 2. The van der Waals surface area contributed by atoms with Crippen molar-refractivity contribution in [3.63, 3.8) is 0 Å². The van der Waals surface area contributed by atoms with E-state index in [1.807, 2.05) is 6.07 Å². The standard InChI is InChI=1S/C14H24N4O.HI/c1-5-15-14(17-13-6-10(13)4)16-8-11-7-12(9(2)3)18-19-11;/h7,9-10,13H,5-6,8H2,1-4H3,(H2,15,16,17);1H. The minimum atomic E-state index is 0. The molecule has 6 heteroatoms. The molecule has 2 unspecified atom stereocenters. The van der Waals surface area contributed by atoms with Crippen LogP contribution in [0.4, 0.5) is 0 Å². The zero-order valence-electron chi connectivity index (χ0n) is 12.6. The molecule has 2 rings (SSSR count). The van der Waals surface area contributed by atoms with Crippen molar-refractivity contribution in [3.8, 4) is 0 Å². The molecule has 114 valence electrons. The Morgan fingerprint density at radius 2 is 2.25 bits per heavy atom. The van der Waals surface area contributed by atoms with Crippen molar-refractivity contribution in [2.75, 3.05) is 6.54 Å². The maximum Gasteiger partial charge on any atom is 0.191 e. The molecule has 1 aliphatic rings. The third-order valence-electron chi connectivity index (χ3n) is 3.34. The molecule has 0 spiro atoms. The molecular weight excluding hydrogens is 367 g/mol. The van der Waals surface area contributed by atoms with Gasteiger partial charge in [0.15, 0.2) is 11.7 Å². The lowest BCUT2D eigenvalue weighted by Crippen LogP contribution is -2.39. The van der Waals surface area contributed by atoms with Crippen molar-refractivity contribution in [2.45, 2.75) is 52.6 Å². The Morgan fingerprint density at radius 1 is 1.55 bits per heavy atom. The quantitative estimate of drug-likeness (QED) is 0.460. The molecule has 0 saturated heterocycles. The van der Waals surface area contributed by atoms with E-state index in [0.717, 1.165) is 29.9 Å². The van der Waals surface area contributed by atoms with Crippen molar-refractivity contribution in [1.82, 2.24) is 15.8 Å². The average molecular weight is 392 g/mol. The summed E-state index contributed by atoms with van der Waals surface area (Å²) in [5, 5.41) is 10.7. The summed E-state index contributed by atoms with van der Waals surface area (Å²) >= 11 is 0. The fourth-order valence-corrected chi connectivity index (χ4v) is 1.85. The normalized spacial score (nSPS) is 21.6. The molecule has 0 radical (unpaired) electrons. The number of halogens is 1. The molecule has 0 amide bonds. The van der Waals surface area contributed by atoms with Crippen LogP contribution in [0, 0.1) is 5.92 Å². The number of aromatic nitrogens is 1. The van der Waals surface area contributed by atoms with Crippen LogP contribution in [-0.4, -0.2) is 23.7 Å². The van der Waals surface area contributed by atoms with E-state index >= 15 is 0 Å². The molecule has 5 nitrogen and oxygen atoms in total. The van der Waals surface area contributed by atoms with E-state index < -0.39 is 0 Å². The van der Waals surface area contributed by atoms with Crippen LogP contribution in [0.3, 0.4) is 0 Å². The first-order valence-corrected chi connectivity index (χ1v) is 7.10. The van der Waals surface area contributed by atoms with Crippen LogP contribution in [0.5, 0.6) is 0 Å². The number of aliphatic imine (C=N–C) groups is 1. The van der Waals surface area contributed by atoms with Crippen LogP contribution in [-0.2, 0) is 6.54 Å². The van der Waals surface area contributed by atoms with E-state index in [4.69, 9.17) is 4.52 Å². The van der Waals surface area contributed by atoms with Gasteiger partial charge in [0, 0.05) is 18.7 Å². The van der Waals surface area contributed by atoms with Crippen molar-refractivity contribution < 1.29 is 4.52 Å². The van der Waals surface area contributed by atoms with Gasteiger partial charge in [-0.2, -0.15) is 0 Å². The van der Waals surface area contributed by atoms with Gasteiger partial charge in [-0.15, -0.1) is 24.0 Å². The Labute approximate surface area is 138 Å². The highest BCUT2D eigenvalue weighted by atomic mass is 127. The Bertz CT molecular complexity index is 444. The second-order valence-corrected chi connectivity index (χ2v) is 5.53. The molecule has 0 aliphatic heterocycles. The van der Waals surface area contributed by atoms with E-state index in [2.05, 4.69) is 48.5 Å². The van der Waals surface area contributed by atoms with E-state index in [1.165, 1.54) is 6.42 Å². The molecular formula is C14H25IN4O. The summed E-state index contributed by atoms with van der Waals surface area (Å²) in [5.41, 5.74) is 0.985. The highest BCUT2D eigenvalue weighted by molar-refractivity contribution is 14.0. The number of hydrogen-bond acceptors (Lipinski definition) is 3. The maximum atomic E-state index is 5.28. The third-order valence-corrected chi connectivity index (χ3v) is 3.34. The van der Waals surface area contributed by atoms with Crippen LogP contribution in [0.2, 0.25) is 0 Å². The average Bonchev–Trinajstić information content (AvgIpc) is 2.89. The lowest BCUT2D eigenvalue weighted by molar-refractivity contribution is 0.376. The molecule has 1 aliphatic carbocycles. The summed E-state index contributed by atoms with van der Waals surface area (Å²) in [6.07, 6.45) is 1.23. The zero-order chi connectivity index (χ0) is 13.8. The number of guanidine groups is 1. The van der Waals surface area contributed by atoms with E-state index in [9.17, 15) is 0 Å². The molecule has 1 fully saturated rings. The van der Waals surface area contributed by atoms with Gasteiger partial charge in [-0.1, -0.05) is 25.9 Å². The van der Waals surface area contributed by atoms with Gasteiger partial charge in [0.2, 0.25) is 0 Å². The van der Waals surface area contributed by atoms with Gasteiger partial charge < -0.3 is 15.2 Å². The highest BCUT2D eigenvalue weighted by Crippen LogP contribution is 2.28. The molecule has 2 N–H and O–H groups in total. The van der Waals surface area contributed by atoms with Gasteiger partial charge in [0.25, 0.3) is 0 Å². The number of nitrogens with one attached hydrogen (secondary N) is 2. The molecule has 2 atom stereocenters. The Morgan fingerprint density at radius 3 is 2.75 bits per heavy atom. The number of rotatable bonds is 5. The first-order valence-electron chi connectivity index (χ1n) is 7.10. The Kier molecular flexibility index (Phi) is 6.78. The monoisotopic (exact) mass is 392 g/mol. The van der Waals surface area contributed by atoms with Crippen LogP contribution >= 0.6 is 24.0 Å². The topological polar surface area (TPSA) is 62.5 Å². The van der Waals surface area contributed by atoms with Crippen LogP contribution in [0.1, 0.15) is 51.5 Å². The van der Waals surface area contributed by atoms with E-state index in [-0.39, 0.29) is 24.0 Å². The second-order valence-electron chi connectivity index (χ2n) is 5.53. The summed E-state index contributed by atoms with van der Waals surface area (Å²) in [7, 11) is 0. The van der Waals surface area contributed by atoms with Gasteiger partial charge in [-0.05, 0) is 25.2 Å². The van der Waals surface area contributed by atoms with Crippen molar-refractivity contribution >= 4 is 29.9 Å². The lowest BCUT2D eigenvalue weighted by Gasteiger charge is -2.09. The summed E-state index contributed by atoms with van der Waals surface area (Å²) in [6.45, 7) is 9.90. The Balaban J connectivity index is 0.00000200. The predicted molar refractivity (Wildman–Crippen MR) is 91.5 cm³/mol. The summed E-state index contributed by atoms with van der Waals surface area (Å²) in [4.78, 5) is 4.53. The van der Waals surface area contributed by atoms with Crippen LogP contribution in [0.15, 0.2) is 15.6 Å². The highest BCUT2D eigenvalue weighted by Gasteiger charge is 2.33. The van der Waals surface area contributed by atoms with Gasteiger partial charge in [0.1, 0.15) is 6.54 Å².